The second-order valence-corrected chi connectivity index (χ2v) is 1.94. The quantitative estimate of drug-likeness (QED) is 0.452. The second kappa shape index (κ2) is 2.02. The molecule has 54 valence electrons. The van der Waals surface area contributed by atoms with Gasteiger partial charge in [0.15, 0.2) is 0 Å². The Morgan fingerprint density at radius 2 is 2.40 bits per heavy atom. The zero-order valence-corrected chi connectivity index (χ0v) is 5.29. The number of rotatable bonds is 1. The van der Waals surface area contributed by atoms with Crippen LogP contribution in [0.2, 0.25) is 0 Å². The van der Waals surface area contributed by atoms with E-state index in [2.05, 4.69) is 4.98 Å². The third-order valence-electron chi connectivity index (χ3n) is 1.11. The largest absolute Gasteiger partial charge is 0.490 e. The lowest BCUT2D eigenvalue weighted by atomic mass is 10.4. The van der Waals surface area contributed by atoms with Crippen molar-refractivity contribution in [3.63, 3.8) is 0 Å². The van der Waals surface area contributed by atoms with Gasteiger partial charge in [0, 0.05) is 11.8 Å². The Balaban J connectivity index is 3.15. The fraction of sp³-hybridized carbons (Fsp3) is 0.200. The highest BCUT2D eigenvalue weighted by Crippen LogP contribution is 2.24. The van der Waals surface area contributed by atoms with Crippen LogP contribution in [0.15, 0.2) is 6.07 Å². The summed E-state index contributed by atoms with van der Waals surface area (Å²) in [6, 6.07) is 1.27. The first-order valence-electron chi connectivity index (χ1n) is 2.64. The maximum Gasteiger partial charge on any atom is 0.330 e. The number of H-pyrrole nitrogens is 1. The minimum absolute atomic E-state index is 0.280. The molecule has 0 aromatic carbocycles. The van der Waals surface area contributed by atoms with E-state index in [9.17, 15) is 10.1 Å². The van der Waals surface area contributed by atoms with Crippen molar-refractivity contribution >= 4 is 5.69 Å². The van der Waals surface area contributed by atoms with Crippen LogP contribution in [0.3, 0.4) is 0 Å². The topological polar surface area (TPSA) is 79.2 Å². The summed E-state index contributed by atoms with van der Waals surface area (Å²) in [4.78, 5) is 11.8. The van der Waals surface area contributed by atoms with Crippen LogP contribution in [0.1, 0.15) is 5.69 Å². The van der Waals surface area contributed by atoms with Gasteiger partial charge in [0.25, 0.3) is 5.88 Å². The molecule has 10 heavy (non-hydrogen) atoms. The first kappa shape index (κ1) is 6.60. The van der Waals surface area contributed by atoms with Crippen molar-refractivity contribution in [1.82, 2.24) is 4.98 Å². The van der Waals surface area contributed by atoms with Crippen molar-refractivity contribution in [2.24, 2.45) is 0 Å². The molecule has 0 atom stereocenters. The molecule has 0 saturated carbocycles. The molecule has 0 amide bonds. The van der Waals surface area contributed by atoms with E-state index in [1.807, 2.05) is 0 Å². The second-order valence-electron chi connectivity index (χ2n) is 1.94. The maximum atomic E-state index is 10.1. The number of aryl methyl sites for hydroxylation is 1. The molecule has 5 nitrogen and oxygen atoms in total. The van der Waals surface area contributed by atoms with Gasteiger partial charge in [-0.2, -0.15) is 0 Å². The van der Waals surface area contributed by atoms with E-state index in [0.29, 0.717) is 5.69 Å². The number of aromatic amines is 1. The summed E-state index contributed by atoms with van der Waals surface area (Å²) >= 11 is 0. The number of hydrogen-bond donors (Lipinski definition) is 2. The Labute approximate surface area is 56.5 Å². The summed E-state index contributed by atoms with van der Waals surface area (Å²) in [5.74, 6) is -0.387. The van der Waals surface area contributed by atoms with Crippen molar-refractivity contribution < 1.29 is 10.0 Å². The number of nitro groups is 1. The molecule has 0 radical (unpaired) electrons. The van der Waals surface area contributed by atoms with Crippen molar-refractivity contribution in [2.45, 2.75) is 6.92 Å². The van der Waals surface area contributed by atoms with Gasteiger partial charge in [0.2, 0.25) is 0 Å². The van der Waals surface area contributed by atoms with Crippen LogP contribution >= 0.6 is 0 Å². The fourth-order valence-electron chi connectivity index (χ4n) is 0.699. The van der Waals surface area contributed by atoms with Crippen LogP contribution < -0.4 is 0 Å². The lowest BCUT2D eigenvalue weighted by Gasteiger charge is -1.83. The van der Waals surface area contributed by atoms with Crippen LogP contribution in [0.4, 0.5) is 5.69 Å². The zero-order chi connectivity index (χ0) is 7.72. The predicted molar refractivity (Wildman–Crippen MR) is 33.8 cm³/mol. The number of nitrogens with one attached hydrogen (secondary N) is 1. The summed E-state index contributed by atoms with van der Waals surface area (Å²) < 4.78 is 0. The minimum Gasteiger partial charge on any atom is -0.490 e. The van der Waals surface area contributed by atoms with Crippen LogP contribution in [-0.2, 0) is 0 Å². The number of hydrogen-bond acceptors (Lipinski definition) is 3. The van der Waals surface area contributed by atoms with E-state index >= 15 is 0 Å². The van der Waals surface area contributed by atoms with Gasteiger partial charge < -0.3 is 10.1 Å². The van der Waals surface area contributed by atoms with Crippen LogP contribution in [0, 0.1) is 17.0 Å². The molecule has 0 spiro atoms. The normalized spacial score (nSPS) is 9.70. The first-order valence-corrected chi connectivity index (χ1v) is 2.64. The summed E-state index contributed by atoms with van der Waals surface area (Å²) in [6.45, 7) is 1.63. The molecule has 0 fully saturated rings. The highest BCUT2D eigenvalue weighted by molar-refractivity contribution is 5.42. The van der Waals surface area contributed by atoms with Gasteiger partial charge in [-0.15, -0.1) is 0 Å². The molecule has 0 aliphatic rings. The average molecular weight is 142 g/mol. The van der Waals surface area contributed by atoms with Gasteiger partial charge in [-0.25, -0.2) is 0 Å². The van der Waals surface area contributed by atoms with E-state index in [1.54, 1.807) is 6.92 Å². The van der Waals surface area contributed by atoms with Crippen molar-refractivity contribution in [3.8, 4) is 5.88 Å². The smallest absolute Gasteiger partial charge is 0.330 e. The highest BCUT2D eigenvalue weighted by Gasteiger charge is 2.14. The monoisotopic (exact) mass is 142 g/mol. The predicted octanol–water partition coefficient (Wildman–Crippen LogP) is 0.937. The van der Waals surface area contributed by atoms with Gasteiger partial charge in [-0.05, 0) is 6.92 Å². The molecular formula is C5H6N2O3. The molecular weight excluding hydrogens is 136 g/mol. The Morgan fingerprint density at radius 3 is 2.60 bits per heavy atom. The Hall–Kier alpha value is -1.52. The molecule has 1 aromatic heterocycles. The van der Waals surface area contributed by atoms with Gasteiger partial charge in [0.05, 0.1) is 4.92 Å². The van der Waals surface area contributed by atoms with Gasteiger partial charge in [0.1, 0.15) is 0 Å². The van der Waals surface area contributed by atoms with Gasteiger partial charge >= 0.3 is 5.69 Å². The van der Waals surface area contributed by atoms with Crippen molar-refractivity contribution in [3.05, 3.63) is 21.9 Å². The molecule has 1 rings (SSSR count). The lowest BCUT2D eigenvalue weighted by Crippen LogP contribution is -1.83. The van der Waals surface area contributed by atoms with Crippen LogP contribution in [0.25, 0.3) is 0 Å². The summed E-state index contributed by atoms with van der Waals surface area (Å²) in [6.07, 6.45) is 0. The highest BCUT2D eigenvalue weighted by atomic mass is 16.6. The van der Waals surface area contributed by atoms with Crippen molar-refractivity contribution in [1.29, 1.82) is 0 Å². The van der Waals surface area contributed by atoms with E-state index in [4.69, 9.17) is 5.11 Å². The lowest BCUT2D eigenvalue weighted by molar-refractivity contribution is -0.385. The zero-order valence-electron chi connectivity index (χ0n) is 5.29. The van der Waals surface area contributed by atoms with E-state index in [-0.39, 0.29) is 11.6 Å². The first-order chi connectivity index (χ1) is 4.61. The molecule has 1 aromatic rings. The SMILES string of the molecule is Cc1cc([N+](=O)[O-])c(O)[nH]1. The molecule has 1 heterocycles. The Kier molecular flexibility index (Phi) is 1.33. The summed E-state index contributed by atoms with van der Waals surface area (Å²) in [5.41, 5.74) is 0.293. The van der Waals surface area contributed by atoms with Gasteiger partial charge in [-0.1, -0.05) is 0 Å². The number of nitrogens with zero attached hydrogens (tertiary/aromatic N) is 1. The molecule has 0 saturated heterocycles. The molecule has 0 unspecified atom stereocenters. The molecule has 5 heteroatoms. The third kappa shape index (κ3) is 0.928. The van der Waals surface area contributed by atoms with Crippen LogP contribution in [0.5, 0.6) is 5.88 Å². The van der Waals surface area contributed by atoms with E-state index < -0.39 is 4.92 Å². The Bertz CT molecular complexity index is 266. The maximum absolute atomic E-state index is 10.1. The fourth-order valence-corrected chi connectivity index (χ4v) is 0.699. The minimum atomic E-state index is -0.640. The summed E-state index contributed by atoms with van der Waals surface area (Å²) in [5, 5.41) is 18.9. The summed E-state index contributed by atoms with van der Waals surface area (Å²) in [7, 11) is 0. The van der Waals surface area contributed by atoms with Crippen LogP contribution in [-0.4, -0.2) is 15.0 Å². The molecule has 0 aliphatic heterocycles. The average Bonchev–Trinajstić information content (AvgIpc) is 2.10. The number of aromatic nitrogens is 1. The number of aromatic hydroxyl groups is 1. The van der Waals surface area contributed by atoms with Crippen molar-refractivity contribution in [2.75, 3.05) is 0 Å². The molecule has 0 aliphatic carbocycles. The Morgan fingerprint density at radius 1 is 1.80 bits per heavy atom. The standard InChI is InChI=1S/C5H6N2O3/c1-3-2-4(7(9)10)5(8)6-3/h2,6,8H,1H3. The van der Waals surface area contributed by atoms with E-state index in [1.165, 1.54) is 6.07 Å². The van der Waals surface area contributed by atoms with Gasteiger partial charge in [-0.3, -0.25) is 10.1 Å². The van der Waals surface area contributed by atoms with E-state index in [0.717, 1.165) is 0 Å². The molecule has 2 N–H and O–H groups in total. The molecule has 0 bridgehead atoms. The third-order valence-corrected chi connectivity index (χ3v) is 1.11.